The Morgan fingerprint density at radius 1 is 1.30 bits per heavy atom. The summed E-state index contributed by atoms with van der Waals surface area (Å²) in [7, 11) is 0. The Labute approximate surface area is 174 Å². The zero-order valence-electron chi connectivity index (χ0n) is 16.7. The van der Waals surface area contributed by atoms with Gasteiger partial charge in [-0.1, -0.05) is 0 Å². The predicted octanol–water partition coefficient (Wildman–Crippen LogP) is 2.02. The number of hydrogen-bond acceptors (Lipinski definition) is 5. The quantitative estimate of drug-likeness (QED) is 0.357. The zero-order chi connectivity index (χ0) is 21.7. The lowest BCUT2D eigenvalue weighted by Gasteiger charge is -2.47. The van der Waals surface area contributed by atoms with Gasteiger partial charge in [-0.25, -0.2) is 13.8 Å². The van der Waals surface area contributed by atoms with E-state index in [0.717, 1.165) is 12.8 Å². The van der Waals surface area contributed by atoms with Gasteiger partial charge in [0.05, 0.1) is 23.8 Å². The molecule has 1 aliphatic heterocycles. The van der Waals surface area contributed by atoms with E-state index in [9.17, 15) is 18.8 Å². The summed E-state index contributed by atoms with van der Waals surface area (Å²) in [6.07, 6.45) is 4.01. The second-order valence-corrected chi connectivity index (χ2v) is 7.94. The van der Waals surface area contributed by atoms with E-state index < -0.39 is 23.4 Å². The molecule has 1 saturated carbocycles. The molecule has 1 aromatic carbocycles. The van der Waals surface area contributed by atoms with Crippen molar-refractivity contribution in [1.82, 2.24) is 10.2 Å². The number of carbonyl (C=O) groups excluding carboxylic acids is 1. The number of nitrogens with two attached hydrogens (primary N) is 2. The van der Waals surface area contributed by atoms with E-state index in [2.05, 4.69) is 21.3 Å². The normalized spacial score (nSPS) is 26.0. The number of hydrogen-bond donors (Lipinski definition) is 3. The number of likely N-dealkylation sites (tertiary alicyclic amines) is 1. The molecule has 0 bridgehead atoms. The lowest BCUT2D eigenvalue weighted by atomic mass is 9.76. The zero-order valence-corrected chi connectivity index (χ0v) is 16.7. The van der Waals surface area contributed by atoms with Crippen molar-refractivity contribution >= 4 is 17.4 Å². The molecular formula is C21H26F2N6O. The van der Waals surface area contributed by atoms with Crippen molar-refractivity contribution in [2.24, 2.45) is 16.5 Å². The molecule has 5 N–H and O–H groups in total. The van der Waals surface area contributed by atoms with E-state index in [-0.39, 0.29) is 17.8 Å². The molecule has 1 heterocycles. The van der Waals surface area contributed by atoms with Gasteiger partial charge in [0.15, 0.2) is 0 Å². The number of amides is 1. The number of nitrogens with one attached hydrogen (secondary N) is 1. The first-order valence-corrected chi connectivity index (χ1v) is 9.95. The monoisotopic (exact) mass is 416 g/mol. The minimum Gasteiger partial charge on any atom is -0.384 e. The van der Waals surface area contributed by atoms with Crippen molar-refractivity contribution in [2.45, 2.75) is 49.9 Å². The molecule has 30 heavy (non-hydrogen) atoms. The Hall–Kier alpha value is -2.99. The number of halogens is 2. The minimum absolute atomic E-state index is 0.0122. The van der Waals surface area contributed by atoms with Crippen LogP contribution in [0.3, 0.4) is 0 Å². The number of primary amides is 1. The number of benzene rings is 1. The van der Waals surface area contributed by atoms with Gasteiger partial charge in [0.25, 0.3) is 5.91 Å². The molecule has 1 aliphatic carbocycles. The highest BCUT2D eigenvalue weighted by atomic mass is 19.1. The summed E-state index contributed by atoms with van der Waals surface area (Å²) in [5.41, 5.74) is 11.3. The summed E-state index contributed by atoms with van der Waals surface area (Å²) in [5, 5.41) is 12.5. The van der Waals surface area contributed by atoms with E-state index in [1.54, 1.807) is 0 Å². The second-order valence-electron chi connectivity index (χ2n) is 7.94. The number of amidine groups is 1. The Bertz CT molecular complexity index is 862. The van der Waals surface area contributed by atoms with E-state index >= 15 is 0 Å². The molecular weight excluding hydrogens is 390 g/mol. The molecule has 2 aliphatic rings. The molecule has 9 heteroatoms. The molecule has 3 rings (SSSR count). The molecule has 1 saturated heterocycles. The maximum absolute atomic E-state index is 13.1. The van der Waals surface area contributed by atoms with Crippen LogP contribution < -0.4 is 16.8 Å². The van der Waals surface area contributed by atoms with Gasteiger partial charge in [0.1, 0.15) is 17.8 Å². The van der Waals surface area contributed by atoms with Crippen LogP contribution in [0.15, 0.2) is 41.0 Å². The van der Waals surface area contributed by atoms with Crippen LogP contribution >= 0.6 is 0 Å². The van der Waals surface area contributed by atoms with Crippen LogP contribution in [0.2, 0.25) is 0 Å². The third kappa shape index (κ3) is 5.13. The molecule has 0 spiro atoms. The third-order valence-electron chi connectivity index (χ3n) is 5.85. The predicted molar refractivity (Wildman–Crippen MR) is 110 cm³/mol. The van der Waals surface area contributed by atoms with Crippen LogP contribution in [0.4, 0.5) is 14.5 Å². The molecule has 160 valence electrons. The van der Waals surface area contributed by atoms with Gasteiger partial charge in [-0.15, -0.1) is 0 Å². The van der Waals surface area contributed by atoms with Crippen LogP contribution in [0, 0.1) is 17.1 Å². The first kappa shape index (κ1) is 21.7. The van der Waals surface area contributed by atoms with Crippen molar-refractivity contribution in [3.05, 3.63) is 41.9 Å². The van der Waals surface area contributed by atoms with Crippen molar-refractivity contribution < 1.29 is 13.6 Å². The summed E-state index contributed by atoms with van der Waals surface area (Å²) in [4.78, 5) is 18.2. The van der Waals surface area contributed by atoms with Gasteiger partial charge in [0.2, 0.25) is 0 Å². The molecule has 2 fully saturated rings. The lowest BCUT2D eigenvalue weighted by molar-refractivity contribution is -0.114. The van der Waals surface area contributed by atoms with Crippen LogP contribution in [0.5, 0.6) is 0 Å². The van der Waals surface area contributed by atoms with Gasteiger partial charge in [-0.05, 0) is 49.9 Å². The van der Waals surface area contributed by atoms with Gasteiger partial charge in [0, 0.05) is 30.9 Å². The van der Waals surface area contributed by atoms with E-state index in [1.165, 1.54) is 30.5 Å². The highest BCUT2D eigenvalue weighted by molar-refractivity contribution is 6.20. The average Bonchev–Trinajstić information content (AvgIpc) is 2.68. The minimum atomic E-state index is -0.763. The molecule has 1 aromatic rings. The van der Waals surface area contributed by atoms with Gasteiger partial charge < -0.3 is 16.8 Å². The Balaban J connectivity index is 1.72. The Morgan fingerprint density at radius 2 is 1.93 bits per heavy atom. The highest BCUT2D eigenvalue weighted by Gasteiger charge is 2.40. The molecule has 0 aromatic heterocycles. The highest BCUT2D eigenvalue weighted by Crippen LogP contribution is 2.35. The van der Waals surface area contributed by atoms with E-state index in [1.807, 2.05) is 0 Å². The fourth-order valence-electron chi connectivity index (χ4n) is 4.01. The van der Waals surface area contributed by atoms with Crippen molar-refractivity contribution in [1.29, 1.82) is 5.26 Å². The molecule has 0 radical (unpaired) electrons. The van der Waals surface area contributed by atoms with Crippen LogP contribution in [-0.4, -0.2) is 47.5 Å². The first-order valence-electron chi connectivity index (χ1n) is 9.95. The van der Waals surface area contributed by atoms with Gasteiger partial charge in [-0.2, -0.15) is 5.26 Å². The summed E-state index contributed by atoms with van der Waals surface area (Å²) in [5.74, 6) is -1.27. The Kier molecular flexibility index (Phi) is 6.67. The smallest absolute Gasteiger partial charge is 0.253 e. The fraction of sp³-hybridized carbons (Fsp3) is 0.476. The summed E-state index contributed by atoms with van der Waals surface area (Å²) >= 11 is 0. The SMILES string of the molecule is N#CCC1(N/C=C(/C(N)=O)C(N)=Nc2ccc(F)cc2)CCC(N2CC(F)C2)CC1. The fourth-order valence-corrected chi connectivity index (χ4v) is 4.01. The first-order chi connectivity index (χ1) is 14.3. The largest absolute Gasteiger partial charge is 0.384 e. The molecule has 0 atom stereocenters. The standard InChI is InChI=1S/C21H26F2N6O/c22-14-1-3-16(4-2-14)28-19(25)18(20(26)30)11-27-21(9-10-24)7-5-17(6-8-21)29-12-15(23)13-29/h1-4,11,15,17,27H,5-9,12-13H2,(H2,25,28)(H2,26,30)/b18-11+. The number of nitriles is 1. The van der Waals surface area contributed by atoms with Gasteiger partial charge in [-0.3, -0.25) is 9.69 Å². The van der Waals surface area contributed by atoms with Crippen molar-refractivity contribution in [2.75, 3.05) is 13.1 Å². The van der Waals surface area contributed by atoms with Crippen LogP contribution in [0.1, 0.15) is 32.1 Å². The third-order valence-corrected chi connectivity index (χ3v) is 5.85. The topological polar surface area (TPSA) is 121 Å². The average molecular weight is 416 g/mol. The van der Waals surface area contributed by atoms with Gasteiger partial charge >= 0.3 is 0 Å². The van der Waals surface area contributed by atoms with Crippen LogP contribution in [-0.2, 0) is 4.79 Å². The lowest BCUT2D eigenvalue weighted by Crippen LogP contribution is -2.57. The summed E-state index contributed by atoms with van der Waals surface area (Å²) in [6, 6.07) is 7.87. The number of rotatable bonds is 7. The van der Waals surface area contributed by atoms with E-state index in [4.69, 9.17) is 11.5 Å². The molecule has 7 nitrogen and oxygen atoms in total. The number of nitrogens with zero attached hydrogens (tertiary/aromatic N) is 3. The Morgan fingerprint density at radius 3 is 2.47 bits per heavy atom. The molecule has 1 amide bonds. The van der Waals surface area contributed by atoms with E-state index in [0.29, 0.717) is 37.7 Å². The maximum atomic E-state index is 13.1. The number of aliphatic imine (C=N–C) groups is 1. The van der Waals surface area contributed by atoms with Crippen LogP contribution in [0.25, 0.3) is 0 Å². The summed E-state index contributed by atoms with van der Waals surface area (Å²) < 4.78 is 26.2. The number of alkyl halides is 1. The maximum Gasteiger partial charge on any atom is 0.253 e. The summed E-state index contributed by atoms with van der Waals surface area (Å²) in [6.45, 7) is 0.955. The van der Waals surface area contributed by atoms with Crippen molar-refractivity contribution in [3.63, 3.8) is 0 Å². The molecule has 0 unspecified atom stereocenters. The second kappa shape index (κ2) is 9.22. The number of carbonyl (C=O) groups is 1. The van der Waals surface area contributed by atoms with Crippen molar-refractivity contribution in [3.8, 4) is 6.07 Å².